The zero-order valence-corrected chi connectivity index (χ0v) is 10.4. The molecule has 0 aliphatic carbocycles. The Balaban J connectivity index is 1.87. The Bertz CT molecular complexity index is 590. The summed E-state index contributed by atoms with van der Waals surface area (Å²) in [6, 6.07) is 15.1. The molecule has 0 fully saturated rings. The number of ether oxygens (including phenoxy) is 1. The van der Waals surface area contributed by atoms with E-state index in [9.17, 15) is 4.79 Å². The predicted molar refractivity (Wildman–Crippen MR) is 69.8 cm³/mol. The van der Waals surface area contributed by atoms with Gasteiger partial charge < -0.3 is 4.74 Å². The molecule has 0 aromatic heterocycles. The van der Waals surface area contributed by atoms with Gasteiger partial charge >= 0.3 is 5.97 Å². The van der Waals surface area contributed by atoms with Gasteiger partial charge in [0.05, 0.1) is 5.56 Å². The summed E-state index contributed by atoms with van der Waals surface area (Å²) in [6.45, 7) is 0. The van der Waals surface area contributed by atoms with Gasteiger partial charge in [0.1, 0.15) is 6.10 Å². The van der Waals surface area contributed by atoms with Crippen LogP contribution in [0, 0.1) is 0 Å². The molecule has 90 valence electrons. The van der Waals surface area contributed by atoms with Gasteiger partial charge in [-0.2, -0.15) is 0 Å². The lowest BCUT2D eigenvalue weighted by Crippen LogP contribution is -2.02. The van der Waals surface area contributed by atoms with Crippen LogP contribution in [0.5, 0.6) is 0 Å². The smallest absolute Gasteiger partial charge is 0.339 e. The van der Waals surface area contributed by atoms with Crippen molar-refractivity contribution in [2.24, 2.45) is 0 Å². The first-order chi connectivity index (χ1) is 8.74. The number of carbonyl (C=O) groups excluding carboxylic acids is 1. The van der Waals surface area contributed by atoms with Crippen molar-refractivity contribution in [3.63, 3.8) is 0 Å². The summed E-state index contributed by atoms with van der Waals surface area (Å²) >= 11 is 5.85. The number of cyclic esters (lactones) is 1. The van der Waals surface area contributed by atoms with E-state index in [1.807, 2.05) is 42.5 Å². The standard InChI is InChI=1S/C15H11ClO2/c16-11-7-5-10(6-8-11)9-14-12-3-1-2-4-13(12)15(17)18-14/h1-8,14H,9H2. The number of hydrogen-bond acceptors (Lipinski definition) is 2. The molecule has 0 bridgehead atoms. The molecular formula is C15H11ClO2. The Kier molecular flexibility index (Phi) is 2.80. The summed E-state index contributed by atoms with van der Waals surface area (Å²) in [5.41, 5.74) is 2.75. The Morgan fingerprint density at radius 3 is 2.56 bits per heavy atom. The van der Waals surface area contributed by atoms with Gasteiger partial charge in [0, 0.05) is 17.0 Å². The largest absolute Gasteiger partial charge is 0.454 e. The van der Waals surface area contributed by atoms with Crippen LogP contribution in [0.1, 0.15) is 27.6 Å². The molecule has 1 aliphatic heterocycles. The van der Waals surface area contributed by atoms with Crippen molar-refractivity contribution in [2.45, 2.75) is 12.5 Å². The molecule has 0 spiro atoms. The molecule has 2 aromatic carbocycles. The van der Waals surface area contributed by atoms with Crippen LogP contribution >= 0.6 is 11.6 Å². The highest BCUT2D eigenvalue weighted by Crippen LogP contribution is 2.33. The molecule has 1 heterocycles. The Morgan fingerprint density at radius 2 is 1.78 bits per heavy atom. The van der Waals surface area contributed by atoms with E-state index in [1.165, 1.54) is 0 Å². The summed E-state index contributed by atoms with van der Waals surface area (Å²) < 4.78 is 5.39. The minimum atomic E-state index is -0.232. The summed E-state index contributed by atoms with van der Waals surface area (Å²) in [6.07, 6.45) is 0.495. The number of rotatable bonds is 2. The summed E-state index contributed by atoms with van der Waals surface area (Å²) in [4.78, 5) is 11.7. The van der Waals surface area contributed by atoms with Crippen LogP contribution in [0.3, 0.4) is 0 Å². The molecule has 1 aliphatic rings. The maximum absolute atomic E-state index is 11.7. The average Bonchev–Trinajstić information content (AvgIpc) is 2.70. The minimum absolute atomic E-state index is 0.185. The third-order valence-electron chi connectivity index (χ3n) is 3.11. The molecule has 1 atom stereocenters. The van der Waals surface area contributed by atoms with E-state index in [-0.39, 0.29) is 12.1 Å². The van der Waals surface area contributed by atoms with Crippen molar-refractivity contribution in [2.75, 3.05) is 0 Å². The average molecular weight is 259 g/mol. The van der Waals surface area contributed by atoms with Crippen molar-refractivity contribution in [1.82, 2.24) is 0 Å². The summed E-state index contributed by atoms with van der Waals surface area (Å²) in [7, 11) is 0. The van der Waals surface area contributed by atoms with Crippen LogP contribution in [-0.2, 0) is 11.2 Å². The maximum atomic E-state index is 11.7. The molecule has 0 radical (unpaired) electrons. The number of fused-ring (bicyclic) bond motifs is 1. The number of esters is 1. The number of benzene rings is 2. The van der Waals surface area contributed by atoms with Crippen LogP contribution in [0.25, 0.3) is 0 Å². The van der Waals surface area contributed by atoms with Crippen LogP contribution in [0.2, 0.25) is 5.02 Å². The molecule has 2 nitrogen and oxygen atoms in total. The van der Waals surface area contributed by atoms with Gasteiger partial charge in [-0.15, -0.1) is 0 Å². The van der Waals surface area contributed by atoms with Crippen molar-refractivity contribution < 1.29 is 9.53 Å². The van der Waals surface area contributed by atoms with Gasteiger partial charge in [-0.1, -0.05) is 41.9 Å². The van der Waals surface area contributed by atoms with Gasteiger partial charge in [0.25, 0.3) is 0 Å². The fourth-order valence-electron chi connectivity index (χ4n) is 2.21. The zero-order chi connectivity index (χ0) is 12.5. The molecule has 2 aromatic rings. The monoisotopic (exact) mass is 258 g/mol. The fraction of sp³-hybridized carbons (Fsp3) is 0.133. The highest BCUT2D eigenvalue weighted by Gasteiger charge is 2.30. The van der Waals surface area contributed by atoms with Crippen molar-refractivity contribution in [3.05, 3.63) is 70.2 Å². The Hall–Kier alpha value is -1.80. The lowest BCUT2D eigenvalue weighted by atomic mass is 9.99. The molecule has 0 saturated heterocycles. The van der Waals surface area contributed by atoms with E-state index in [0.717, 1.165) is 11.1 Å². The number of hydrogen-bond donors (Lipinski definition) is 0. The van der Waals surface area contributed by atoms with Gasteiger partial charge in [0.15, 0.2) is 0 Å². The van der Waals surface area contributed by atoms with Crippen molar-refractivity contribution in [1.29, 1.82) is 0 Å². The van der Waals surface area contributed by atoms with E-state index >= 15 is 0 Å². The Morgan fingerprint density at radius 1 is 1.06 bits per heavy atom. The van der Waals surface area contributed by atoms with E-state index in [4.69, 9.17) is 16.3 Å². The van der Waals surface area contributed by atoms with Crippen LogP contribution in [0.4, 0.5) is 0 Å². The lowest BCUT2D eigenvalue weighted by molar-refractivity contribution is 0.0387. The topological polar surface area (TPSA) is 26.3 Å². The second kappa shape index (κ2) is 4.46. The molecular weight excluding hydrogens is 248 g/mol. The quantitative estimate of drug-likeness (QED) is 0.766. The first-order valence-electron chi connectivity index (χ1n) is 5.78. The molecule has 0 saturated carbocycles. The molecule has 3 rings (SSSR count). The van der Waals surface area contributed by atoms with Gasteiger partial charge in [-0.25, -0.2) is 4.79 Å². The highest BCUT2D eigenvalue weighted by atomic mass is 35.5. The van der Waals surface area contributed by atoms with Crippen molar-refractivity contribution in [3.8, 4) is 0 Å². The van der Waals surface area contributed by atoms with Crippen molar-refractivity contribution >= 4 is 17.6 Å². The number of carbonyl (C=O) groups is 1. The van der Waals surface area contributed by atoms with E-state index in [2.05, 4.69) is 0 Å². The minimum Gasteiger partial charge on any atom is -0.454 e. The number of halogens is 1. The van der Waals surface area contributed by atoms with Crippen LogP contribution in [-0.4, -0.2) is 5.97 Å². The van der Waals surface area contributed by atoms with Gasteiger partial charge in [0.2, 0.25) is 0 Å². The molecule has 18 heavy (non-hydrogen) atoms. The zero-order valence-electron chi connectivity index (χ0n) is 9.60. The second-order valence-electron chi connectivity index (χ2n) is 4.31. The highest BCUT2D eigenvalue weighted by molar-refractivity contribution is 6.30. The predicted octanol–water partition coefficient (Wildman–Crippen LogP) is 3.79. The molecule has 0 amide bonds. The maximum Gasteiger partial charge on any atom is 0.339 e. The molecule has 0 N–H and O–H groups in total. The molecule has 1 unspecified atom stereocenters. The van der Waals surface area contributed by atoms with Gasteiger partial charge in [-0.3, -0.25) is 0 Å². The summed E-state index contributed by atoms with van der Waals surface area (Å²) in [5, 5.41) is 0.711. The fourth-order valence-corrected chi connectivity index (χ4v) is 2.33. The molecule has 3 heteroatoms. The first kappa shape index (κ1) is 11.3. The third-order valence-corrected chi connectivity index (χ3v) is 3.36. The normalized spacial score (nSPS) is 17.4. The van der Waals surface area contributed by atoms with Crippen LogP contribution in [0.15, 0.2) is 48.5 Å². The summed E-state index contributed by atoms with van der Waals surface area (Å²) in [5.74, 6) is -0.232. The van der Waals surface area contributed by atoms with Gasteiger partial charge in [-0.05, 0) is 23.8 Å². The van der Waals surface area contributed by atoms with E-state index in [0.29, 0.717) is 17.0 Å². The first-order valence-corrected chi connectivity index (χ1v) is 6.16. The lowest BCUT2D eigenvalue weighted by Gasteiger charge is -2.10. The van der Waals surface area contributed by atoms with E-state index in [1.54, 1.807) is 6.07 Å². The SMILES string of the molecule is O=C1OC(Cc2ccc(Cl)cc2)c2ccccc21. The second-order valence-corrected chi connectivity index (χ2v) is 4.75. The Labute approximate surface area is 110 Å². The van der Waals surface area contributed by atoms with E-state index < -0.39 is 0 Å². The van der Waals surface area contributed by atoms with Crippen LogP contribution < -0.4 is 0 Å². The third kappa shape index (κ3) is 2.00.